The van der Waals surface area contributed by atoms with Crippen LogP contribution in [0.15, 0.2) is 53.4 Å². The van der Waals surface area contributed by atoms with E-state index in [9.17, 15) is 8.42 Å². The fraction of sp³-hybridized carbons (Fsp3) is 0.481. The highest BCUT2D eigenvalue weighted by Crippen LogP contribution is 2.30. The molecule has 1 aliphatic rings. The van der Waals surface area contributed by atoms with Gasteiger partial charge in [0.1, 0.15) is 5.82 Å². The maximum Gasteiger partial charge on any atom is 0.240 e. The molecule has 3 aromatic rings. The summed E-state index contributed by atoms with van der Waals surface area (Å²) in [5.41, 5.74) is 2.04. The van der Waals surface area contributed by atoms with Gasteiger partial charge in [0, 0.05) is 25.5 Å². The average Bonchev–Trinajstić information content (AvgIpc) is 2.86. The second-order valence-corrected chi connectivity index (χ2v) is 12.3. The first-order valence-corrected chi connectivity index (χ1v) is 13.9. The number of anilines is 2. The van der Waals surface area contributed by atoms with Gasteiger partial charge in [-0.05, 0) is 72.8 Å². The van der Waals surface area contributed by atoms with Gasteiger partial charge in [-0.3, -0.25) is 0 Å². The van der Waals surface area contributed by atoms with E-state index in [1.165, 1.54) is 0 Å². The van der Waals surface area contributed by atoms with Crippen molar-refractivity contribution in [2.24, 2.45) is 11.8 Å². The van der Waals surface area contributed by atoms with E-state index >= 15 is 0 Å². The van der Waals surface area contributed by atoms with E-state index in [2.05, 4.69) is 46.1 Å². The molecule has 0 saturated heterocycles. The molecule has 0 spiro atoms. The second kappa shape index (κ2) is 10.5. The quantitative estimate of drug-likeness (QED) is 0.399. The van der Waals surface area contributed by atoms with Crippen molar-refractivity contribution in [3.63, 3.8) is 0 Å². The monoisotopic (exact) mass is 495 g/mol. The number of rotatable bonds is 8. The van der Waals surface area contributed by atoms with Gasteiger partial charge in [-0.15, -0.1) is 0 Å². The van der Waals surface area contributed by atoms with Crippen molar-refractivity contribution < 1.29 is 8.42 Å². The summed E-state index contributed by atoms with van der Waals surface area (Å²) in [5.74, 6) is 2.35. The lowest BCUT2D eigenvalue weighted by Gasteiger charge is -2.28. The Kier molecular flexibility index (Phi) is 7.62. The number of nitrogens with one attached hydrogen (secondary N) is 3. The van der Waals surface area contributed by atoms with Gasteiger partial charge in [0.05, 0.1) is 10.4 Å². The van der Waals surface area contributed by atoms with Gasteiger partial charge in [0.15, 0.2) is 0 Å². The van der Waals surface area contributed by atoms with E-state index < -0.39 is 10.0 Å². The predicted molar refractivity (Wildman–Crippen MR) is 143 cm³/mol. The Morgan fingerprint density at radius 2 is 1.51 bits per heavy atom. The number of hydrogen-bond donors (Lipinski definition) is 3. The molecule has 1 heterocycles. The number of nitrogens with zero attached hydrogens (tertiary/aromatic N) is 2. The van der Waals surface area contributed by atoms with E-state index in [0.717, 1.165) is 54.5 Å². The molecule has 0 atom stereocenters. The topological polar surface area (TPSA) is 96.0 Å². The zero-order chi connectivity index (χ0) is 25.1. The summed E-state index contributed by atoms with van der Waals surface area (Å²) in [7, 11) is -1.62. The van der Waals surface area contributed by atoms with Crippen LogP contribution >= 0.6 is 0 Å². The van der Waals surface area contributed by atoms with E-state index in [-0.39, 0.29) is 5.41 Å². The van der Waals surface area contributed by atoms with Crippen LogP contribution in [-0.4, -0.2) is 38.5 Å². The smallest absolute Gasteiger partial charge is 0.240 e. The van der Waals surface area contributed by atoms with Crippen LogP contribution in [0.3, 0.4) is 0 Å². The first-order valence-electron chi connectivity index (χ1n) is 12.4. The van der Waals surface area contributed by atoms with Crippen LogP contribution in [0, 0.1) is 11.8 Å². The van der Waals surface area contributed by atoms with Crippen LogP contribution < -0.4 is 15.4 Å². The Hall–Kier alpha value is -2.71. The molecule has 8 heteroatoms. The maximum absolute atomic E-state index is 12.8. The fourth-order valence-electron chi connectivity index (χ4n) is 4.67. The summed E-state index contributed by atoms with van der Waals surface area (Å²) in [6.45, 7) is 7.67. The Morgan fingerprint density at radius 1 is 0.886 bits per heavy atom. The SMILES string of the molecule is CNc1nc(NCC2CCC(CNS(=O)(=O)c3ccc(C(C)(C)C)cc3)CC2)nc2ccccc12. The highest BCUT2D eigenvalue weighted by Gasteiger charge is 2.24. The molecule has 7 nitrogen and oxygen atoms in total. The first-order chi connectivity index (χ1) is 16.7. The molecule has 0 bridgehead atoms. The van der Waals surface area contributed by atoms with E-state index in [0.29, 0.717) is 29.2 Å². The molecule has 1 fully saturated rings. The van der Waals surface area contributed by atoms with Crippen LogP contribution in [0.25, 0.3) is 10.9 Å². The van der Waals surface area contributed by atoms with E-state index in [1.807, 2.05) is 43.4 Å². The molecule has 1 saturated carbocycles. The summed E-state index contributed by atoms with van der Waals surface area (Å²) in [4.78, 5) is 9.59. The Bertz CT molecular complexity index is 1240. The predicted octanol–water partition coefficient (Wildman–Crippen LogP) is 5.17. The number of para-hydroxylation sites is 1. The van der Waals surface area contributed by atoms with Gasteiger partial charge < -0.3 is 10.6 Å². The highest BCUT2D eigenvalue weighted by atomic mass is 32.2. The highest BCUT2D eigenvalue weighted by molar-refractivity contribution is 7.89. The van der Waals surface area contributed by atoms with Crippen molar-refractivity contribution in [2.45, 2.75) is 56.8 Å². The minimum atomic E-state index is -3.49. The zero-order valence-electron chi connectivity index (χ0n) is 21.1. The van der Waals surface area contributed by atoms with Gasteiger partial charge >= 0.3 is 0 Å². The number of aromatic nitrogens is 2. The first kappa shape index (κ1) is 25.4. The zero-order valence-corrected chi connectivity index (χ0v) is 22.0. The van der Waals surface area contributed by atoms with Crippen molar-refractivity contribution in [1.82, 2.24) is 14.7 Å². The third-order valence-electron chi connectivity index (χ3n) is 6.95. The molecule has 4 rings (SSSR count). The second-order valence-electron chi connectivity index (χ2n) is 10.6. The molecule has 1 aromatic heterocycles. The van der Waals surface area contributed by atoms with Crippen molar-refractivity contribution >= 4 is 32.7 Å². The number of hydrogen-bond acceptors (Lipinski definition) is 6. The molecule has 0 unspecified atom stereocenters. The molecule has 0 amide bonds. The fourth-order valence-corrected chi connectivity index (χ4v) is 5.78. The molecule has 2 aromatic carbocycles. The van der Waals surface area contributed by atoms with E-state index in [1.54, 1.807) is 12.1 Å². The Labute approximate surface area is 209 Å². The van der Waals surface area contributed by atoms with Gasteiger partial charge in [-0.25, -0.2) is 18.1 Å². The van der Waals surface area contributed by atoms with Crippen LogP contribution in [0.5, 0.6) is 0 Å². The lowest BCUT2D eigenvalue weighted by molar-refractivity contribution is 0.284. The van der Waals surface area contributed by atoms with Crippen LogP contribution in [0.4, 0.5) is 11.8 Å². The number of fused-ring (bicyclic) bond motifs is 1. The maximum atomic E-state index is 12.8. The van der Waals surface area contributed by atoms with E-state index in [4.69, 9.17) is 0 Å². The summed E-state index contributed by atoms with van der Waals surface area (Å²) < 4.78 is 28.4. The van der Waals surface area contributed by atoms with Crippen molar-refractivity contribution in [3.05, 3.63) is 54.1 Å². The lowest BCUT2D eigenvalue weighted by Crippen LogP contribution is -2.32. The third kappa shape index (κ3) is 6.30. The molecule has 35 heavy (non-hydrogen) atoms. The minimum Gasteiger partial charge on any atom is -0.372 e. The van der Waals surface area contributed by atoms with Crippen LogP contribution in [0.2, 0.25) is 0 Å². The molecule has 188 valence electrons. The van der Waals surface area contributed by atoms with Gasteiger partial charge in [0.2, 0.25) is 16.0 Å². The minimum absolute atomic E-state index is 0.00117. The molecule has 3 N–H and O–H groups in total. The summed E-state index contributed by atoms with van der Waals surface area (Å²) in [5, 5.41) is 7.58. The van der Waals surface area contributed by atoms with Gasteiger partial charge in [0.25, 0.3) is 0 Å². The molecule has 0 aliphatic heterocycles. The van der Waals surface area contributed by atoms with Crippen molar-refractivity contribution in [2.75, 3.05) is 30.8 Å². The molecular formula is C27H37N5O2S. The van der Waals surface area contributed by atoms with Gasteiger partial charge in [-0.1, -0.05) is 45.0 Å². The summed E-state index contributed by atoms with van der Waals surface area (Å²) in [6, 6.07) is 15.2. The lowest BCUT2D eigenvalue weighted by atomic mass is 9.82. The van der Waals surface area contributed by atoms with Crippen molar-refractivity contribution in [1.29, 1.82) is 0 Å². The molecule has 0 radical (unpaired) electrons. The van der Waals surface area contributed by atoms with Crippen LogP contribution in [-0.2, 0) is 15.4 Å². The Morgan fingerprint density at radius 3 is 2.14 bits per heavy atom. The molecule has 1 aliphatic carbocycles. The third-order valence-corrected chi connectivity index (χ3v) is 8.39. The normalized spacial score (nSPS) is 19.0. The Balaban J connectivity index is 1.26. The standard InChI is InChI=1S/C27H37N5O2S/c1-27(2,3)21-13-15-22(16-14-21)35(33,34)30-18-20-11-9-19(10-12-20)17-29-26-31-24-8-6-5-7-23(24)25(28-4)32-26/h5-8,13-16,19-20,30H,9-12,17-18H2,1-4H3,(H2,28,29,31,32). The molecular weight excluding hydrogens is 458 g/mol. The largest absolute Gasteiger partial charge is 0.372 e. The van der Waals surface area contributed by atoms with Crippen molar-refractivity contribution in [3.8, 4) is 0 Å². The summed E-state index contributed by atoms with van der Waals surface area (Å²) >= 11 is 0. The van der Waals surface area contributed by atoms with Crippen LogP contribution in [0.1, 0.15) is 52.0 Å². The van der Waals surface area contributed by atoms with Gasteiger partial charge in [-0.2, -0.15) is 4.98 Å². The number of sulfonamides is 1. The average molecular weight is 496 g/mol. The number of benzene rings is 2. The summed E-state index contributed by atoms with van der Waals surface area (Å²) in [6.07, 6.45) is 4.15.